The Bertz CT molecular complexity index is 412. The van der Waals surface area contributed by atoms with Crippen molar-refractivity contribution in [3.05, 3.63) is 23.9 Å². The number of nitrogens with zero attached hydrogens (tertiary/aromatic N) is 1. The Morgan fingerprint density at radius 2 is 2.44 bits per heavy atom. The van der Waals surface area contributed by atoms with Crippen molar-refractivity contribution in [3.63, 3.8) is 0 Å². The van der Waals surface area contributed by atoms with Gasteiger partial charge in [0.15, 0.2) is 0 Å². The van der Waals surface area contributed by atoms with Crippen LogP contribution in [-0.4, -0.2) is 33.8 Å². The number of carbonyl (C=O) groups is 1. The number of hydrogen-bond donors (Lipinski definition) is 3. The first-order chi connectivity index (χ1) is 7.69. The molecule has 0 aliphatic rings. The summed E-state index contributed by atoms with van der Waals surface area (Å²) in [6.07, 6.45) is 6.89. The molecule has 0 fully saturated rings. The molecule has 1 unspecified atom stereocenters. The van der Waals surface area contributed by atoms with E-state index in [2.05, 4.69) is 16.2 Å². The largest absolute Gasteiger partial charge is 0.478 e. The highest BCUT2D eigenvalue weighted by atomic mass is 16.4. The summed E-state index contributed by atoms with van der Waals surface area (Å²) in [4.78, 5) is 14.8. The third-order valence-corrected chi connectivity index (χ3v) is 1.96. The lowest BCUT2D eigenvalue weighted by molar-refractivity contribution is 0.0697. The van der Waals surface area contributed by atoms with Gasteiger partial charge in [-0.2, -0.15) is 0 Å². The molecule has 5 heteroatoms. The summed E-state index contributed by atoms with van der Waals surface area (Å²) in [6, 6.07) is 2.57. The van der Waals surface area contributed by atoms with E-state index in [0.29, 0.717) is 6.42 Å². The highest BCUT2D eigenvalue weighted by Gasteiger charge is 2.13. The Kier molecular flexibility index (Phi) is 4.30. The average molecular weight is 220 g/mol. The van der Waals surface area contributed by atoms with E-state index in [-0.39, 0.29) is 18.0 Å². The molecule has 0 amide bonds. The molecule has 0 aliphatic heterocycles. The van der Waals surface area contributed by atoms with Crippen LogP contribution in [0, 0.1) is 12.3 Å². The zero-order valence-corrected chi connectivity index (χ0v) is 8.55. The number of aliphatic hydroxyl groups is 1. The summed E-state index contributed by atoms with van der Waals surface area (Å²) < 4.78 is 0. The molecule has 5 nitrogen and oxygen atoms in total. The first-order valence-electron chi connectivity index (χ1n) is 4.68. The molecule has 0 aliphatic carbocycles. The van der Waals surface area contributed by atoms with Crippen molar-refractivity contribution < 1.29 is 15.0 Å². The minimum absolute atomic E-state index is 0.0537. The number of carboxylic acids is 1. The number of nitrogens with one attached hydrogen (secondary N) is 1. The van der Waals surface area contributed by atoms with Gasteiger partial charge in [0.1, 0.15) is 11.4 Å². The van der Waals surface area contributed by atoms with Crippen LogP contribution in [0.3, 0.4) is 0 Å². The fourth-order valence-corrected chi connectivity index (χ4v) is 1.19. The lowest BCUT2D eigenvalue weighted by Crippen LogP contribution is -2.25. The highest BCUT2D eigenvalue weighted by Crippen LogP contribution is 2.13. The fourth-order valence-electron chi connectivity index (χ4n) is 1.19. The Labute approximate surface area is 93.1 Å². The first-order valence-corrected chi connectivity index (χ1v) is 4.68. The van der Waals surface area contributed by atoms with Gasteiger partial charge in [-0.25, -0.2) is 9.78 Å². The predicted molar refractivity (Wildman–Crippen MR) is 59.1 cm³/mol. The average Bonchev–Trinajstić information content (AvgIpc) is 2.29. The maximum atomic E-state index is 10.9. The van der Waals surface area contributed by atoms with Crippen LogP contribution in [0.15, 0.2) is 18.3 Å². The third-order valence-electron chi connectivity index (χ3n) is 1.96. The van der Waals surface area contributed by atoms with Crippen LogP contribution in [0.2, 0.25) is 0 Å². The molecule has 0 radical (unpaired) electrons. The van der Waals surface area contributed by atoms with Gasteiger partial charge in [0.05, 0.1) is 12.6 Å². The standard InChI is InChI=1S/C11H12N2O3/c1-2-4-8(7-14)13-10-9(11(15)16)5-3-6-12-10/h1,3,5-6,8,14H,4,7H2,(H,12,13)(H,15,16). The number of anilines is 1. The van der Waals surface area contributed by atoms with Crippen LogP contribution in [-0.2, 0) is 0 Å². The van der Waals surface area contributed by atoms with E-state index in [1.165, 1.54) is 18.3 Å². The normalized spacial score (nSPS) is 11.5. The SMILES string of the molecule is C#CCC(CO)Nc1ncccc1C(=O)O. The first kappa shape index (κ1) is 12.0. The molecule has 1 aromatic heterocycles. The monoisotopic (exact) mass is 220 g/mol. The lowest BCUT2D eigenvalue weighted by Gasteiger charge is -2.15. The van der Waals surface area contributed by atoms with Crippen molar-refractivity contribution >= 4 is 11.8 Å². The highest BCUT2D eigenvalue weighted by molar-refractivity contribution is 5.93. The molecule has 1 rings (SSSR count). The third kappa shape index (κ3) is 2.97. The number of hydrogen-bond acceptors (Lipinski definition) is 4. The molecule has 16 heavy (non-hydrogen) atoms. The molecular weight excluding hydrogens is 208 g/mol. The molecule has 0 aromatic carbocycles. The molecule has 0 spiro atoms. The number of carboxylic acid groups (broad SMARTS) is 1. The molecule has 0 saturated heterocycles. The Balaban J connectivity index is 2.87. The van der Waals surface area contributed by atoms with Gasteiger partial charge in [-0.3, -0.25) is 0 Å². The fraction of sp³-hybridized carbons (Fsp3) is 0.273. The zero-order chi connectivity index (χ0) is 12.0. The van der Waals surface area contributed by atoms with E-state index in [1.54, 1.807) is 0 Å². The van der Waals surface area contributed by atoms with Crippen molar-refractivity contribution in [1.29, 1.82) is 0 Å². The number of aliphatic hydroxyl groups excluding tert-OH is 1. The van der Waals surface area contributed by atoms with Crippen LogP contribution >= 0.6 is 0 Å². The molecule has 3 N–H and O–H groups in total. The second kappa shape index (κ2) is 5.73. The van der Waals surface area contributed by atoms with E-state index in [9.17, 15) is 4.79 Å². The van der Waals surface area contributed by atoms with Crippen molar-refractivity contribution in [1.82, 2.24) is 4.98 Å². The Morgan fingerprint density at radius 1 is 1.69 bits per heavy atom. The van der Waals surface area contributed by atoms with Gasteiger partial charge in [0, 0.05) is 12.6 Å². The van der Waals surface area contributed by atoms with E-state index >= 15 is 0 Å². The summed E-state index contributed by atoms with van der Waals surface area (Å²) in [5.74, 6) is 1.53. The van der Waals surface area contributed by atoms with Crippen molar-refractivity contribution in [3.8, 4) is 12.3 Å². The topological polar surface area (TPSA) is 82.5 Å². The minimum atomic E-state index is -1.08. The van der Waals surface area contributed by atoms with Crippen LogP contribution in [0.5, 0.6) is 0 Å². The maximum Gasteiger partial charge on any atom is 0.339 e. The molecule has 1 heterocycles. The summed E-state index contributed by atoms with van der Waals surface area (Å²) in [5, 5.41) is 20.7. The molecule has 84 valence electrons. The second-order valence-electron chi connectivity index (χ2n) is 3.14. The second-order valence-corrected chi connectivity index (χ2v) is 3.14. The Morgan fingerprint density at radius 3 is 3.00 bits per heavy atom. The van der Waals surface area contributed by atoms with Gasteiger partial charge in [-0.05, 0) is 12.1 Å². The number of aromatic carboxylic acids is 1. The number of pyridine rings is 1. The summed E-state index contributed by atoms with van der Waals surface area (Å²) in [6.45, 7) is -0.181. The van der Waals surface area contributed by atoms with Crippen molar-refractivity contribution in [2.24, 2.45) is 0 Å². The van der Waals surface area contributed by atoms with Crippen LogP contribution in [0.1, 0.15) is 16.8 Å². The number of rotatable bonds is 5. The summed E-state index contributed by atoms with van der Waals surface area (Å²) in [7, 11) is 0. The maximum absolute atomic E-state index is 10.9. The number of terminal acetylenes is 1. The van der Waals surface area contributed by atoms with Gasteiger partial charge in [0.2, 0.25) is 0 Å². The zero-order valence-electron chi connectivity index (χ0n) is 8.55. The van der Waals surface area contributed by atoms with Crippen molar-refractivity contribution in [2.45, 2.75) is 12.5 Å². The van der Waals surface area contributed by atoms with Crippen LogP contribution in [0.25, 0.3) is 0 Å². The van der Waals surface area contributed by atoms with Gasteiger partial charge in [0.25, 0.3) is 0 Å². The quantitative estimate of drug-likeness (QED) is 0.632. The van der Waals surface area contributed by atoms with Crippen molar-refractivity contribution in [2.75, 3.05) is 11.9 Å². The van der Waals surface area contributed by atoms with Gasteiger partial charge in [-0.15, -0.1) is 12.3 Å². The van der Waals surface area contributed by atoms with E-state index < -0.39 is 12.0 Å². The molecule has 0 saturated carbocycles. The van der Waals surface area contributed by atoms with Crippen LogP contribution in [0.4, 0.5) is 5.82 Å². The molecule has 0 bridgehead atoms. The Hall–Kier alpha value is -2.06. The molecule has 1 aromatic rings. The lowest BCUT2D eigenvalue weighted by atomic mass is 10.2. The summed E-state index contributed by atoms with van der Waals surface area (Å²) >= 11 is 0. The van der Waals surface area contributed by atoms with Crippen LogP contribution < -0.4 is 5.32 Å². The predicted octanol–water partition coefficient (Wildman–Crippen LogP) is 0.576. The molecule has 1 atom stereocenters. The van der Waals surface area contributed by atoms with Gasteiger partial charge in [-0.1, -0.05) is 0 Å². The van der Waals surface area contributed by atoms with Gasteiger partial charge < -0.3 is 15.5 Å². The van der Waals surface area contributed by atoms with E-state index in [0.717, 1.165) is 0 Å². The minimum Gasteiger partial charge on any atom is -0.478 e. The summed E-state index contributed by atoms with van der Waals surface area (Å²) in [5.41, 5.74) is 0.0537. The van der Waals surface area contributed by atoms with E-state index in [4.69, 9.17) is 16.6 Å². The van der Waals surface area contributed by atoms with E-state index in [1.807, 2.05) is 0 Å². The molecular formula is C11H12N2O3. The number of aromatic nitrogens is 1. The smallest absolute Gasteiger partial charge is 0.339 e. The van der Waals surface area contributed by atoms with Gasteiger partial charge >= 0.3 is 5.97 Å².